The summed E-state index contributed by atoms with van der Waals surface area (Å²) in [6.07, 6.45) is 2.15. The Morgan fingerprint density at radius 1 is 1.35 bits per heavy atom. The highest BCUT2D eigenvalue weighted by Gasteiger charge is 2.13. The standard InChI is InChI=1S/C16H27BrN2S/c1-12(11-20-6)19(5)14-8-7-13(15(17)9-14)10-18-16(2,3)4/h7-9,12,18H,10-11H2,1-6H3. The van der Waals surface area contributed by atoms with Gasteiger partial charge in [-0.25, -0.2) is 0 Å². The van der Waals surface area contributed by atoms with Crippen LogP contribution in [-0.2, 0) is 6.54 Å². The van der Waals surface area contributed by atoms with Crippen molar-refractivity contribution in [3.63, 3.8) is 0 Å². The van der Waals surface area contributed by atoms with Crippen LogP contribution < -0.4 is 10.2 Å². The van der Waals surface area contributed by atoms with E-state index in [-0.39, 0.29) is 5.54 Å². The van der Waals surface area contributed by atoms with Crippen molar-refractivity contribution in [3.8, 4) is 0 Å². The monoisotopic (exact) mass is 358 g/mol. The zero-order chi connectivity index (χ0) is 15.3. The molecule has 2 nitrogen and oxygen atoms in total. The molecule has 20 heavy (non-hydrogen) atoms. The Kier molecular flexibility index (Phi) is 6.89. The lowest BCUT2D eigenvalue weighted by Crippen LogP contribution is -2.35. The number of hydrogen-bond donors (Lipinski definition) is 1. The van der Waals surface area contributed by atoms with Crippen molar-refractivity contribution in [2.45, 2.75) is 45.8 Å². The maximum Gasteiger partial charge on any atom is 0.0377 e. The topological polar surface area (TPSA) is 15.3 Å². The second kappa shape index (κ2) is 7.71. The van der Waals surface area contributed by atoms with Crippen molar-refractivity contribution in [3.05, 3.63) is 28.2 Å². The average Bonchev–Trinajstić information content (AvgIpc) is 2.35. The van der Waals surface area contributed by atoms with Crippen molar-refractivity contribution in [2.75, 3.05) is 24.0 Å². The highest BCUT2D eigenvalue weighted by atomic mass is 79.9. The van der Waals surface area contributed by atoms with E-state index in [9.17, 15) is 0 Å². The summed E-state index contributed by atoms with van der Waals surface area (Å²) in [5.74, 6) is 1.14. The predicted octanol–water partition coefficient (Wildman–Crippen LogP) is 4.52. The lowest BCUT2D eigenvalue weighted by molar-refractivity contribution is 0.424. The van der Waals surface area contributed by atoms with Gasteiger partial charge in [0.1, 0.15) is 0 Å². The number of halogens is 1. The number of benzene rings is 1. The van der Waals surface area contributed by atoms with Gasteiger partial charge in [0.15, 0.2) is 0 Å². The lowest BCUT2D eigenvalue weighted by Gasteiger charge is -2.27. The summed E-state index contributed by atoms with van der Waals surface area (Å²) in [6.45, 7) is 9.71. The van der Waals surface area contributed by atoms with Crippen LogP contribution >= 0.6 is 27.7 Å². The van der Waals surface area contributed by atoms with Gasteiger partial charge in [0.2, 0.25) is 0 Å². The van der Waals surface area contributed by atoms with Crippen LogP contribution in [0.1, 0.15) is 33.3 Å². The van der Waals surface area contributed by atoms with Crippen molar-refractivity contribution in [1.29, 1.82) is 0 Å². The number of hydrogen-bond acceptors (Lipinski definition) is 3. The maximum atomic E-state index is 3.70. The molecular formula is C16H27BrN2S. The highest BCUT2D eigenvalue weighted by molar-refractivity contribution is 9.10. The van der Waals surface area contributed by atoms with Gasteiger partial charge in [-0.05, 0) is 51.6 Å². The molecular weight excluding hydrogens is 332 g/mol. The Labute approximate surface area is 136 Å². The van der Waals surface area contributed by atoms with E-state index in [1.165, 1.54) is 15.7 Å². The molecule has 1 rings (SSSR count). The van der Waals surface area contributed by atoms with Crippen LogP contribution in [0.5, 0.6) is 0 Å². The first-order chi connectivity index (χ1) is 9.24. The molecule has 0 radical (unpaired) electrons. The quantitative estimate of drug-likeness (QED) is 0.804. The zero-order valence-electron chi connectivity index (χ0n) is 13.5. The molecule has 1 unspecified atom stereocenters. The number of thioether (sulfide) groups is 1. The van der Waals surface area contributed by atoms with Crippen LogP contribution in [0.25, 0.3) is 0 Å². The Bertz CT molecular complexity index is 429. The summed E-state index contributed by atoms with van der Waals surface area (Å²) in [5.41, 5.74) is 2.70. The highest BCUT2D eigenvalue weighted by Crippen LogP contribution is 2.25. The van der Waals surface area contributed by atoms with Crippen LogP contribution in [0, 0.1) is 0 Å². The Balaban J connectivity index is 2.77. The SMILES string of the molecule is CSCC(C)N(C)c1ccc(CNC(C)(C)C)c(Br)c1. The Morgan fingerprint density at radius 2 is 2.00 bits per heavy atom. The summed E-state index contributed by atoms with van der Waals surface area (Å²) in [5, 5.41) is 3.52. The van der Waals surface area contributed by atoms with Gasteiger partial charge in [0, 0.05) is 41.1 Å². The lowest BCUT2D eigenvalue weighted by atomic mass is 10.1. The van der Waals surface area contributed by atoms with E-state index in [0.29, 0.717) is 6.04 Å². The summed E-state index contributed by atoms with van der Waals surface area (Å²) in [4.78, 5) is 2.34. The van der Waals surface area contributed by atoms with E-state index >= 15 is 0 Å². The van der Waals surface area contributed by atoms with E-state index in [1.54, 1.807) is 0 Å². The number of anilines is 1. The van der Waals surface area contributed by atoms with Crippen LogP contribution in [0.4, 0.5) is 5.69 Å². The first kappa shape index (κ1) is 17.9. The number of rotatable bonds is 6. The Morgan fingerprint density at radius 3 is 2.50 bits per heavy atom. The summed E-state index contributed by atoms with van der Waals surface area (Å²) in [7, 11) is 2.16. The summed E-state index contributed by atoms with van der Waals surface area (Å²) in [6, 6.07) is 7.17. The van der Waals surface area contributed by atoms with Crippen LogP contribution in [0.15, 0.2) is 22.7 Å². The van der Waals surface area contributed by atoms with Crippen LogP contribution in [0.3, 0.4) is 0 Å². The molecule has 1 N–H and O–H groups in total. The third-order valence-corrected chi connectivity index (χ3v) is 4.88. The van der Waals surface area contributed by atoms with Crippen molar-refractivity contribution in [1.82, 2.24) is 5.32 Å². The molecule has 0 aliphatic heterocycles. The van der Waals surface area contributed by atoms with Gasteiger partial charge in [-0.15, -0.1) is 0 Å². The molecule has 1 atom stereocenters. The van der Waals surface area contributed by atoms with E-state index in [2.05, 4.69) is 85.3 Å². The fourth-order valence-corrected chi connectivity index (χ4v) is 3.08. The third kappa shape index (κ3) is 5.66. The van der Waals surface area contributed by atoms with Gasteiger partial charge in [0.25, 0.3) is 0 Å². The predicted molar refractivity (Wildman–Crippen MR) is 97.0 cm³/mol. The van der Waals surface area contributed by atoms with Gasteiger partial charge in [-0.3, -0.25) is 0 Å². The van der Waals surface area contributed by atoms with Crippen LogP contribution in [-0.4, -0.2) is 30.6 Å². The molecule has 0 saturated carbocycles. The van der Waals surface area contributed by atoms with Gasteiger partial charge >= 0.3 is 0 Å². The third-order valence-electron chi connectivity index (χ3n) is 3.32. The molecule has 0 heterocycles. The number of nitrogens with one attached hydrogen (secondary N) is 1. The first-order valence-corrected chi connectivity index (χ1v) is 9.18. The van der Waals surface area contributed by atoms with Crippen molar-refractivity contribution in [2.24, 2.45) is 0 Å². The fraction of sp³-hybridized carbons (Fsp3) is 0.625. The molecule has 0 aliphatic carbocycles. The molecule has 0 aromatic heterocycles. The van der Waals surface area contributed by atoms with E-state index in [1.807, 2.05) is 11.8 Å². The smallest absolute Gasteiger partial charge is 0.0377 e. The van der Waals surface area contributed by atoms with Gasteiger partial charge in [-0.2, -0.15) is 11.8 Å². The first-order valence-electron chi connectivity index (χ1n) is 7.00. The normalized spacial score (nSPS) is 13.3. The number of nitrogens with zero attached hydrogens (tertiary/aromatic N) is 1. The summed E-state index contributed by atoms with van der Waals surface area (Å²) < 4.78 is 1.18. The van der Waals surface area contributed by atoms with Crippen molar-refractivity contribution < 1.29 is 0 Å². The average molecular weight is 359 g/mol. The van der Waals surface area contributed by atoms with Gasteiger partial charge < -0.3 is 10.2 Å². The minimum absolute atomic E-state index is 0.141. The molecule has 0 aliphatic rings. The molecule has 0 fully saturated rings. The van der Waals surface area contributed by atoms with E-state index < -0.39 is 0 Å². The van der Waals surface area contributed by atoms with Gasteiger partial charge in [-0.1, -0.05) is 22.0 Å². The maximum absolute atomic E-state index is 3.70. The molecule has 0 bridgehead atoms. The second-order valence-corrected chi connectivity index (χ2v) is 8.06. The van der Waals surface area contributed by atoms with E-state index in [0.717, 1.165) is 12.3 Å². The second-order valence-electron chi connectivity index (χ2n) is 6.29. The Hall–Kier alpha value is -0.190. The van der Waals surface area contributed by atoms with Crippen molar-refractivity contribution >= 4 is 33.4 Å². The molecule has 0 amide bonds. The fourth-order valence-electron chi connectivity index (χ4n) is 1.87. The van der Waals surface area contributed by atoms with E-state index in [4.69, 9.17) is 0 Å². The largest absolute Gasteiger partial charge is 0.371 e. The molecule has 114 valence electrons. The van der Waals surface area contributed by atoms with Gasteiger partial charge in [0.05, 0.1) is 0 Å². The molecule has 0 spiro atoms. The molecule has 1 aromatic rings. The molecule has 1 aromatic carbocycles. The molecule has 4 heteroatoms. The summed E-state index contributed by atoms with van der Waals surface area (Å²) >= 11 is 5.59. The zero-order valence-corrected chi connectivity index (χ0v) is 15.9. The minimum atomic E-state index is 0.141. The molecule has 0 saturated heterocycles. The minimum Gasteiger partial charge on any atom is -0.371 e. The van der Waals surface area contributed by atoms with Crippen LogP contribution in [0.2, 0.25) is 0 Å².